The summed E-state index contributed by atoms with van der Waals surface area (Å²) in [5.41, 5.74) is 0. The Morgan fingerprint density at radius 2 is 1.93 bits per heavy atom. The van der Waals surface area contributed by atoms with Crippen LogP contribution in [0.15, 0.2) is 0 Å². The van der Waals surface area contributed by atoms with Gasteiger partial charge in [0.1, 0.15) is 0 Å². The first-order valence-electron chi connectivity index (χ1n) is 5.54. The van der Waals surface area contributed by atoms with E-state index >= 15 is 0 Å². The van der Waals surface area contributed by atoms with Crippen LogP contribution in [0.1, 0.15) is 25.7 Å². The maximum absolute atomic E-state index is 10.1. The highest BCUT2D eigenvalue weighted by Crippen LogP contribution is 2.30. The van der Waals surface area contributed by atoms with Crippen molar-refractivity contribution in [1.82, 2.24) is 16.0 Å². The van der Waals surface area contributed by atoms with E-state index in [0.717, 1.165) is 25.5 Å². The van der Waals surface area contributed by atoms with Crippen molar-refractivity contribution in [2.45, 2.75) is 31.8 Å². The van der Waals surface area contributed by atoms with E-state index in [2.05, 4.69) is 16.0 Å². The minimum atomic E-state index is 0.565. The largest absolute Gasteiger partial charge is 0.358 e. The molecule has 1 saturated carbocycles. The molecule has 1 saturated heterocycles. The first kappa shape index (κ1) is 9.93. The van der Waals surface area contributed by atoms with E-state index < -0.39 is 0 Å². The lowest BCUT2D eigenvalue weighted by atomic mass is 9.80. The number of amides is 1. The lowest BCUT2D eigenvalue weighted by Gasteiger charge is -2.40. The van der Waals surface area contributed by atoms with Crippen molar-refractivity contribution >= 4 is 6.41 Å². The van der Waals surface area contributed by atoms with Crippen LogP contribution in [0.3, 0.4) is 0 Å². The Labute approximate surface area is 84.8 Å². The average Bonchev–Trinajstić information content (AvgIpc) is 2.14. The van der Waals surface area contributed by atoms with Gasteiger partial charge in [0.05, 0.1) is 6.17 Å². The van der Waals surface area contributed by atoms with Crippen LogP contribution in [-0.2, 0) is 4.79 Å². The molecule has 0 unspecified atom stereocenters. The fraction of sp³-hybridized carbons (Fsp3) is 0.900. The quantitative estimate of drug-likeness (QED) is 0.557. The SMILES string of the molecule is O=CNC[C@H]1CC[C@@H](C2NCN2)CC1. The second kappa shape index (κ2) is 4.75. The molecule has 0 aromatic heterocycles. The second-order valence-electron chi connectivity index (χ2n) is 4.37. The van der Waals surface area contributed by atoms with E-state index in [1.54, 1.807) is 0 Å². The van der Waals surface area contributed by atoms with E-state index in [-0.39, 0.29) is 0 Å². The molecule has 0 spiro atoms. The highest BCUT2D eigenvalue weighted by Gasteiger charge is 2.29. The minimum absolute atomic E-state index is 0.565. The van der Waals surface area contributed by atoms with Gasteiger partial charge in [-0.3, -0.25) is 15.4 Å². The van der Waals surface area contributed by atoms with E-state index in [4.69, 9.17) is 0 Å². The van der Waals surface area contributed by atoms with Gasteiger partial charge in [0.2, 0.25) is 6.41 Å². The Balaban J connectivity index is 1.66. The van der Waals surface area contributed by atoms with Crippen LogP contribution >= 0.6 is 0 Å². The Morgan fingerprint density at radius 1 is 1.21 bits per heavy atom. The lowest BCUT2D eigenvalue weighted by Crippen LogP contribution is -2.62. The van der Waals surface area contributed by atoms with Crippen molar-refractivity contribution in [1.29, 1.82) is 0 Å². The molecule has 2 fully saturated rings. The topological polar surface area (TPSA) is 53.2 Å². The predicted molar refractivity (Wildman–Crippen MR) is 54.4 cm³/mol. The third-order valence-electron chi connectivity index (χ3n) is 3.50. The highest BCUT2D eigenvalue weighted by atomic mass is 16.1. The van der Waals surface area contributed by atoms with Gasteiger partial charge in [0.15, 0.2) is 0 Å². The van der Waals surface area contributed by atoms with Crippen molar-refractivity contribution in [2.24, 2.45) is 11.8 Å². The van der Waals surface area contributed by atoms with Gasteiger partial charge >= 0.3 is 0 Å². The summed E-state index contributed by atoms with van der Waals surface area (Å²) in [6.07, 6.45) is 6.46. The summed E-state index contributed by atoms with van der Waals surface area (Å²) in [5.74, 6) is 1.51. The molecular formula is C10H19N3O. The molecule has 0 atom stereocenters. The number of hydrogen-bond donors (Lipinski definition) is 3. The van der Waals surface area contributed by atoms with Crippen LogP contribution in [0.25, 0.3) is 0 Å². The van der Waals surface area contributed by atoms with Gasteiger partial charge < -0.3 is 5.32 Å². The molecular weight excluding hydrogens is 178 g/mol. The summed E-state index contributed by atoms with van der Waals surface area (Å²) in [5, 5.41) is 9.56. The smallest absolute Gasteiger partial charge is 0.207 e. The van der Waals surface area contributed by atoms with Crippen LogP contribution in [-0.4, -0.2) is 25.8 Å². The zero-order chi connectivity index (χ0) is 9.80. The molecule has 2 rings (SSSR count). The molecule has 14 heavy (non-hydrogen) atoms. The van der Waals surface area contributed by atoms with Crippen molar-refractivity contribution < 1.29 is 4.79 Å². The molecule has 0 bridgehead atoms. The van der Waals surface area contributed by atoms with E-state index in [0.29, 0.717) is 12.1 Å². The molecule has 80 valence electrons. The van der Waals surface area contributed by atoms with Crippen molar-refractivity contribution in [3.8, 4) is 0 Å². The zero-order valence-corrected chi connectivity index (χ0v) is 8.46. The maximum Gasteiger partial charge on any atom is 0.207 e. The molecule has 4 heteroatoms. The zero-order valence-electron chi connectivity index (χ0n) is 8.46. The Morgan fingerprint density at radius 3 is 2.43 bits per heavy atom. The normalized spacial score (nSPS) is 33.4. The van der Waals surface area contributed by atoms with Gasteiger partial charge in [0, 0.05) is 13.2 Å². The van der Waals surface area contributed by atoms with Crippen LogP contribution in [0.2, 0.25) is 0 Å². The first-order valence-corrected chi connectivity index (χ1v) is 5.54. The van der Waals surface area contributed by atoms with E-state index in [9.17, 15) is 4.79 Å². The van der Waals surface area contributed by atoms with Gasteiger partial charge in [-0.05, 0) is 37.5 Å². The first-order chi connectivity index (χ1) is 6.90. The fourth-order valence-electron chi connectivity index (χ4n) is 2.49. The van der Waals surface area contributed by atoms with E-state index in [1.165, 1.54) is 25.7 Å². The average molecular weight is 197 g/mol. The molecule has 0 radical (unpaired) electrons. The summed E-state index contributed by atoms with van der Waals surface area (Å²) in [6.45, 7) is 1.83. The predicted octanol–water partition coefficient (Wildman–Crippen LogP) is 0.0152. The molecule has 1 aliphatic carbocycles. The third-order valence-corrected chi connectivity index (χ3v) is 3.50. The highest BCUT2D eigenvalue weighted by molar-refractivity contribution is 5.45. The van der Waals surface area contributed by atoms with Crippen molar-refractivity contribution in [2.75, 3.05) is 13.2 Å². The maximum atomic E-state index is 10.1. The van der Waals surface area contributed by atoms with Crippen molar-refractivity contribution in [3.63, 3.8) is 0 Å². The molecule has 3 N–H and O–H groups in total. The Bertz CT molecular complexity index is 186. The summed E-state index contributed by atoms with van der Waals surface area (Å²) < 4.78 is 0. The van der Waals surface area contributed by atoms with Gasteiger partial charge in [0.25, 0.3) is 0 Å². The van der Waals surface area contributed by atoms with E-state index in [1.807, 2.05) is 0 Å². The molecule has 4 nitrogen and oxygen atoms in total. The molecule has 1 heterocycles. The minimum Gasteiger partial charge on any atom is -0.358 e. The second-order valence-corrected chi connectivity index (χ2v) is 4.37. The molecule has 1 aliphatic heterocycles. The molecule has 0 aromatic carbocycles. The van der Waals surface area contributed by atoms with Crippen molar-refractivity contribution in [3.05, 3.63) is 0 Å². The van der Waals surface area contributed by atoms with Gasteiger partial charge in [-0.15, -0.1) is 0 Å². The van der Waals surface area contributed by atoms with Crippen LogP contribution < -0.4 is 16.0 Å². The van der Waals surface area contributed by atoms with Gasteiger partial charge in [-0.2, -0.15) is 0 Å². The number of carbonyl (C=O) groups is 1. The summed E-state index contributed by atoms with van der Waals surface area (Å²) >= 11 is 0. The van der Waals surface area contributed by atoms with Gasteiger partial charge in [-0.1, -0.05) is 0 Å². The molecule has 1 amide bonds. The monoisotopic (exact) mass is 197 g/mol. The fourth-order valence-corrected chi connectivity index (χ4v) is 2.49. The Kier molecular flexibility index (Phi) is 3.37. The number of carbonyl (C=O) groups excluding carboxylic acids is 1. The summed E-state index contributed by atoms with van der Waals surface area (Å²) in [4.78, 5) is 10.1. The van der Waals surface area contributed by atoms with Crippen LogP contribution in [0, 0.1) is 11.8 Å². The summed E-state index contributed by atoms with van der Waals surface area (Å²) in [6, 6.07) is 0. The third kappa shape index (κ3) is 2.25. The van der Waals surface area contributed by atoms with Crippen LogP contribution in [0.5, 0.6) is 0 Å². The number of rotatable bonds is 4. The summed E-state index contributed by atoms with van der Waals surface area (Å²) in [7, 11) is 0. The van der Waals surface area contributed by atoms with Crippen LogP contribution in [0.4, 0.5) is 0 Å². The standard InChI is InChI=1S/C10H19N3O/c14-7-11-5-8-1-3-9(4-2-8)10-12-6-13-10/h7-10,12-13H,1-6H2,(H,11,14)/t8-,9+. The molecule has 0 aromatic rings. The van der Waals surface area contributed by atoms with Gasteiger partial charge in [-0.25, -0.2) is 0 Å². The Hall–Kier alpha value is -0.610. The molecule has 2 aliphatic rings. The number of nitrogens with one attached hydrogen (secondary N) is 3. The lowest BCUT2D eigenvalue weighted by molar-refractivity contribution is -0.109. The number of hydrogen-bond acceptors (Lipinski definition) is 3.